The molecule has 5 heterocycles. The molecule has 3 aromatic heterocycles. The van der Waals surface area contributed by atoms with Gasteiger partial charge in [-0.2, -0.15) is 0 Å². The summed E-state index contributed by atoms with van der Waals surface area (Å²) in [5, 5.41) is 14.8. The van der Waals surface area contributed by atoms with Crippen LogP contribution >= 0.6 is 0 Å². The lowest BCUT2D eigenvalue weighted by atomic mass is 10.1. The lowest BCUT2D eigenvalue weighted by molar-refractivity contribution is -0.0687. The van der Waals surface area contributed by atoms with Crippen molar-refractivity contribution >= 4 is 46.6 Å². The third-order valence-electron chi connectivity index (χ3n) is 6.24. The largest absolute Gasteiger partial charge is 0.385 e. The van der Waals surface area contributed by atoms with Gasteiger partial charge in [-0.25, -0.2) is 29.1 Å². The van der Waals surface area contributed by atoms with Crippen molar-refractivity contribution in [3.8, 4) is 0 Å². The number of nitrogens with one attached hydrogen (secondary N) is 3. The van der Waals surface area contributed by atoms with Crippen LogP contribution in [-0.4, -0.2) is 75.7 Å². The van der Waals surface area contributed by atoms with Crippen LogP contribution < -0.4 is 20.9 Å². The summed E-state index contributed by atoms with van der Waals surface area (Å²) in [5.41, 5.74) is 2.03. The number of nitrogens with zero attached hydrogens (tertiary/aromatic N) is 6. The first kappa shape index (κ1) is 24.0. The molecule has 1 amide bonds. The summed E-state index contributed by atoms with van der Waals surface area (Å²) in [5.74, 6) is 4.93. The summed E-state index contributed by atoms with van der Waals surface area (Å²) in [7, 11) is 3.31. The van der Waals surface area contributed by atoms with Crippen molar-refractivity contribution < 1.29 is 19.2 Å². The van der Waals surface area contributed by atoms with Crippen molar-refractivity contribution in [3.05, 3.63) is 47.6 Å². The maximum absolute atomic E-state index is 13.1. The van der Waals surface area contributed by atoms with E-state index in [1.807, 2.05) is 23.0 Å². The highest BCUT2D eigenvalue weighted by molar-refractivity contribution is 5.94. The Morgan fingerprint density at radius 2 is 2.05 bits per heavy atom. The molecule has 0 unspecified atom stereocenters. The molecule has 2 aliphatic heterocycles. The second-order valence-corrected chi connectivity index (χ2v) is 8.54. The quantitative estimate of drug-likeness (QED) is 0.418. The molecule has 2 saturated heterocycles. The molecule has 2 aliphatic rings. The third kappa shape index (κ3) is 4.62. The summed E-state index contributed by atoms with van der Waals surface area (Å²) in [6.07, 6.45) is 4.00. The molecule has 1 atom stereocenters. The number of piperidine rings is 1. The van der Waals surface area contributed by atoms with Gasteiger partial charge in [-0.15, -0.1) is 5.10 Å². The van der Waals surface area contributed by atoms with Crippen molar-refractivity contribution in [1.82, 2.24) is 30.0 Å². The van der Waals surface area contributed by atoms with Crippen LogP contribution in [0.3, 0.4) is 0 Å². The van der Waals surface area contributed by atoms with E-state index >= 15 is 0 Å². The van der Waals surface area contributed by atoms with Gasteiger partial charge in [0.15, 0.2) is 17.2 Å². The molecule has 13 nitrogen and oxygen atoms in total. The van der Waals surface area contributed by atoms with Gasteiger partial charge in [-0.1, -0.05) is 6.07 Å². The first-order valence-electron chi connectivity index (χ1n) is 11.8. The first-order chi connectivity index (χ1) is 18.0. The van der Waals surface area contributed by atoms with Gasteiger partial charge < -0.3 is 20.9 Å². The fourth-order valence-corrected chi connectivity index (χ4v) is 4.37. The summed E-state index contributed by atoms with van der Waals surface area (Å²) in [6.45, 7) is 0.817. The zero-order chi connectivity index (χ0) is 25.9. The predicted molar refractivity (Wildman–Crippen MR) is 135 cm³/mol. The van der Waals surface area contributed by atoms with Gasteiger partial charge in [0.25, 0.3) is 5.91 Å². The number of fused-ring (bicyclic) bond motifs is 1. The van der Waals surface area contributed by atoms with Crippen LogP contribution in [0.4, 0.5) is 23.1 Å². The Labute approximate surface area is 211 Å². The monoisotopic (exact) mass is 503 g/mol. The summed E-state index contributed by atoms with van der Waals surface area (Å²) in [6, 6.07) is 6.58. The summed E-state index contributed by atoms with van der Waals surface area (Å²) >= 11 is 0. The van der Waals surface area contributed by atoms with Gasteiger partial charge >= 0.3 is 0 Å². The average molecular weight is 504 g/mol. The third-order valence-corrected chi connectivity index (χ3v) is 6.24. The van der Waals surface area contributed by atoms with Gasteiger partial charge in [-0.05, 0) is 31.4 Å². The van der Waals surface area contributed by atoms with E-state index in [4.69, 9.17) is 4.84 Å². The SMILES string of the molecule is CNc1cc(Nc2cccc(N3CCCCC3=C=O)n2)nn2c(C(=O)N[C@H]3CON(C)C3=C=O)cnc12. The highest BCUT2D eigenvalue weighted by Crippen LogP contribution is 2.27. The van der Waals surface area contributed by atoms with E-state index in [1.165, 1.54) is 15.8 Å². The molecule has 37 heavy (non-hydrogen) atoms. The van der Waals surface area contributed by atoms with Gasteiger partial charge in [0.2, 0.25) is 0 Å². The van der Waals surface area contributed by atoms with Gasteiger partial charge in [0.05, 0.1) is 11.9 Å². The molecule has 0 radical (unpaired) electrons. The molecule has 0 saturated carbocycles. The maximum atomic E-state index is 13.1. The smallest absolute Gasteiger partial charge is 0.272 e. The maximum Gasteiger partial charge on any atom is 0.272 e. The van der Waals surface area contributed by atoms with Gasteiger partial charge in [0.1, 0.15) is 47.6 Å². The van der Waals surface area contributed by atoms with Crippen LogP contribution in [0.25, 0.3) is 5.65 Å². The number of hydroxylamine groups is 2. The number of hydrogen-bond donors (Lipinski definition) is 3. The number of aromatic nitrogens is 4. The second kappa shape index (κ2) is 10.1. The number of likely N-dealkylation sites (N-methyl/N-ethyl adjacent to an activating group) is 1. The van der Waals surface area contributed by atoms with E-state index in [9.17, 15) is 14.4 Å². The Hall–Kier alpha value is -4.70. The Bertz CT molecular complexity index is 1460. The zero-order valence-electron chi connectivity index (χ0n) is 20.3. The molecular formula is C24H25N9O4. The summed E-state index contributed by atoms with van der Waals surface area (Å²) in [4.78, 5) is 51.9. The van der Waals surface area contributed by atoms with E-state index in [2.05, 4.69) is 31.0 Å². The number of rotatable bonds is 6. The molecule has 0 spiro atoms. The second-order valence-electron chi connectivity index (χ2n) is 8.54. The van der Waals surface area contributed by atoms with Gasteiger partial charge in [0, 0.05) is 26.7 Å². The molecule has 0 aromatic carbocycles. The van der Waals surface area contributed by atoms with Crippen LogP contribution in [0.5, 0.6) is 0 Å². The van der Waals surface area contributed by atoms with Crippen LogP contribution in [0.2, 0.25) is 0 Å². The Kier molecular flexibility index (Phi) is 6.57. The van der Waals surface area contributed by atoms with E-state index in [1.54, 1.807) is 32.2 Å². The van der Waals surface area contributed by atoms with E-state index in [0.29, 0.717) is 47.5 Å². The Morgan fingerprint density at radius 3 is 2.84 bits per heavy atom. The van der Waals surface area contributed by atoms with Crippen molar-refractivity contribution in [1.29, 1.82) is 0 Å². The number of imidazole rings is 1. The predicted octanol–water partition coefficient (Wildman–Crippen LogP) is 1.31. The molecule has 13 heteroatoms. The van der Waals surface area contributed by atoms with Crippen molar-refractivity contribution in [3.63, 3.8) is 0 Å². The van der Waals surface area contributed by atoms with Crippen LogP contribution in [-0.2, 0) is 14.4 Å². The minimum absolute atomic E-state index is 0.117. The molecule has 3 aromatic rings. The minimum Gasteiger partial charge on any atom is -0.385 e. The molecule has 0 bridgehead atoms. The summed E-state index contributed by atoms with van der Waals surface area (Å²) < 4.78 is 1.41. The number of pyridine rings is 1. The standard InChI is InChI=1S/C24H25N9O4/c1-25-16-10-21(28-20-7-5-8-22(29-20)32-9-4-3-6-15(32)12-34)30-33-18(11-26-23(16)33)24(36)27-17-14-37-31(2)19(17)13-35/h5,7-8,10-11,17,25H,3-4,6,9,14H2,1-2H3,(H,27,36)(H,28,29,30)/t17-/m0/s1. The van der Waals surface area contributed by atoms with Crippen LogP contribution in [0.15, 0.2) is 41.9 Å². The van der Waals surface area contributed by atoms with Crippen molar-refractivity contribution in [2.24, 2.45) is 0 Å². The molecule has 2 fully saturated rings. The molecule has 0 aliphatic carbocycles. The number of amides is 1. The van der Waals surface area contributed by atoms with Crippen LogP contribution in [0.1, 0.15) is 29.8 Å². The van der Waals surface area contributed by atoms with Crippen LogP contribution in [0, 0.1) is 0 Å². The van der Waals surface area contributed by atoms with Crippen molar-refractivity contribution in [2.45, 2.75) is 25.3 Å². The molecule has 5 rings (SSSR count). The normalized spacial score (nSPS) is 17.5. The van der Waals surface area contributed by atoms with E-state index in [-0.39, 0.29) is 18.0 Å². The van der Waals surface area contributed by atoms with Gasteiger partial charge in [-0.3, -0.25) is 9.63 Å². The van der Waals surface area contributed by atoms with E-state index < -0.39 is 11.9 Å². The minimum atomic E-state index is -0.641. The lowest BCUT2D eigenvalue weighted by Crippen LogP contribution is -2.38. The number of carbonyl (C=O) groups is 1. The van der Waals surface area contributed by atoms with E-state index in [0.717, 1.165) is 12.8 Å². The number of anilines is 4. The highest BCUT2D eigenvalue weighted by atomic mass is 16.7. The fraction of sp³-hybridized carbons (Fsp3) is 0.333. The topological polar surface area (TPSA) is 146 Å². The lowest BCUT2D eigenvalue weighted by Gasteiger charge is -2.28. The molecule has 3 N–H and O–H groups in total. The number of carbonyl (C=O) groups excluding carboxylic acids is 3. The Balaban J connectivity index is 1.43. The molecule has 190 valence electrons. The first-order valence-corrected chi connectivity index (χ1v) is 11.8. The van der Waals surface area contributed by atoms with Crippen molar-refractivity contribution in [2.75, 3.05) is 42.8 Å². The average Bonchev–Trinajstić information content (AvgIpc) is 3.51. The number of allylic oxidation sites excluding steroid dienone is 1. The molecular weight excluding hydrogens is 478 g/mol. The highest BCUT2D eigenvalue weighted by Gasteiger charge is 2.31. The fourth-order valence-electron chi connectivity index (χ4n) is 4.37. The Morgan fingerprint density at radius 1 is 1.19 bits per heavy atom. The zero-order valence-corrected chi connectivity index (χ0v) is 20.3. The number of hydrogen-bond acceptors (Lipinski definition) is 11.